The van der Waals surface area contributed by atoms with Gasteiger partial charge in [-0.2, -0.15) is 0 Å². The Labute approximate surface area is 152 Å². The predicted octanol–water partition coefficient (Wildman–Crippen LogP) is 8.15. The molecule has 1 rings (SSSR count). The van der Waals surface area contributed by atoms with Gasteiger partial charge in [0.25, 0.3) is 0 Å². The molecule has 0 amide bonds. The van der Waals surface area contributed by atoms with Gasteiger partial charge in [0.15, 0.2) is 0 Å². The molecule has 0 saturated carbocycles. The van der Waals surface area contributed by atoms with Crippen molar-refractivity contribution in [2.24, 2.45) is 5.92 Å². The van der Waals surface area contributed by atoms with Crippen molar-refractivity contribution in [2.75, 3.05) is 0 Å². The third kappa shape index (κ3) is 11.7. The minimum Gasteiger partial charge on any atom is -0.0654 e. The molecule has 1 atom stereocenters. The molecule has 0 N–H and O–H groups in total. The number of benzene rings is 1. The van der Waals surface area contributed by atoms with Crippen LogP contribution in [0.15, 0.2) is 24.3 Å². The normalized spacial score (nSPS) is 12.4. The summed E-state index contributed by atoms with van der Waals surface area (Å²) in [7, 11) is 0. The molecule has 0 aromatic heterocycles. The Hall–Kier alpha value is -0.780. The summed E-state index contributed by atoms with van der Waals surface area (Å²) < 4.78 is 0. The molecule has 0 spiro atoms. The van der Waals surface area contributed by atoms with E-state index in [2.05, 4.69) is 44.2 Å². The quantitative estimate of drug-likeness (QED) is 0.268. The van der Waals surface area contributed by atoms with Crippen LogP contribution in [-0.4, -0.2) is 0 Å². The van der Waals surface area contributed by atoms with Crippen LogP contribution in [0.5, 0.6) is 0 Å². The molecule has 0 heterocycles. The molecule has 0 bridgehead atoms. The summed E-state index contributed by atoms with van der Waals surface area (Å²) in [5.74, 6) is 0.876. The fourth-order valence-electron chi connectivity index (χ4n) is 3.64. The molecule has 1 unspecified atom stereocenters. The summed E-state index contributed by atoms with van der Waals surface area (Å²) in [6, 6.07) is 12.0. The number of unbranched alkanes of at least 4 members (excludes halogenated alkanes) is 10. The summed E-state index contributed by atoms with van der Waals surface area (Å²) >= 11 is 0. The van der Waals surface area contributed by atoms with Gasteiger partial charge in [-0.25, -0.2) is 0 Å². The highest BCUT2D eigenvalue weighted by molar-refractivity contribution is 5.13. The Balaban J connectivity index is 2.23. The van der Waals surface area contributed by atoms with E-state index < -0.39 is 0 Å². The highest BCUT2D eigenvalue weighted by atomic mass is 14.1. The molecule has 1 aromatic carbocycles. The Morgan fingerprint density at radius 2 is 1.25 bits per heavy atom. The van der Waals surface area contributed by atoms with E-state index in [1.54, 1.807) is 0 Å². The lowest BCUT2D eigenvalue weighted by Gasteiger charge is -2.17. The van der Waals surface area contributed by atoms with Gasteiger partial charge < -0.3 is 0 Å². The molecule has 0 fully saturated rings. The van der Waals surface area contributed by atoms with E-state index in [-0.39, 0.29) is 0 Å². The largest absolute Gasteiger partial charge is 0.0654 e. The fraction of sp³-hybridized carbons (Fsp3) is 0.750. The van der Waals surface area contributed by atoms with Crippen LogP contribution >= 0.6 is 0 Å². The minimum atomic E-state index is 0.876. The van der Waals surface area contributed by atoms with Crippen LogP contribution in [0.2, 0.25) is 0 Å². The maximum Gasteiger partial charge on any atom is -0.0149 e. The maximum atomic E-state index is 3.43. The lowest BCUT2D eigenvalue weighted by molar-refractivity contribution is 0.401. The van der Waals surface area contributed by atoms with Gasteiger partial charge in [0.05, 0.1) is 0 Å². The average Bonchev–Trinajstić information content (AvgIpc) is 2.61. The Morgan fingerprint density at radius 1 is 0.708 bits per heavy atom. The molecule has 0 aliphatic heterocycles. The van der Waals surface area contributed by atoms with E-state index in [0.29, 0.717) is 0 Å². The van der Waals surface area contributed by atoms with E-state index >= 15 is 0 Å². The zero-order valence-corrected chi connectivity index (χ0v) is 16.5. The van der Waals surface area contributed by atoms with Crippen molar-refractivity contribution in [3.63, 3.8) is 0 Å². The van der Waals surface area contributed by atoms with E-state index in [1.165, 1.54) is 102 Å². The standard InChI is InChI=1S/C24H41/c1-3-5-7-9-10-12-15-19-23(18-14-11-8-6-4-2)22-24-20-16-13-17-21-24/h13,16-17,20,23H,3-12,14-15,18-19,22H2,1-2H3. The van der Waals surface area contributed by atoms with Crippen molar-refractivity contribution in [3.05, 3.63) is 35.9 Å². The minimum absolute atomic E-state index is 0.876. The zero-order chi connectivity index (χ0) is 17.3. The van der Waals surface area contributed by atoms with Crippen molar-refractivity contribution in [2.45, 2.75) is 110 Å². The SMILES string of the molecule is CCCCCCCCCC(CCCCCCC)Cc1[c]cccc1. The molecule has 24 heavy (non-hydrogen) atoms. The number of hydrogen-bond acceptors (Lipinski definition) is 0. The van der Waals surface area contributed by atoms with Crippen molar-refractivity contribution < 1.29 is 0 Å². The van der Waals surface area contributed by atoms with Gasteiger partial charge in [0.1, 0.15) is 0 Å². The van der Waals surface area contributed by atoms with Gasteiger partial charge in [-0.05, 0) is 24.0 Å². The van der Waals surface area contributed by atoms with Gasteiger partial charge >= 0.3 is 0 Å². The van der Waals surface area contributed by atoms with Crippen molar-refractivity contribution in [3.8, 4) is 0 Å². The second-order valence-corrected chi connectivity index (χ2v) is 7.57. The van der Waals surface area contributed by atoms with Crippen LogP contribution in [0.1, 0.15) is 109 Å². The first-order valence-electron chi connectivity index (χ1n) is 10.8. The molecule has 0 aliphatic carbocycles. The molecule has 1 aromatic rings. The highest BCUT2D eigenvalue weighted by Crippen LogP contribution is 2.23. The molecule has 0 aliphatic rings. The smallest absolute Gasteiger partial charge is 0.0149 e. The third-order valence-electron chi connectivity index (χ3n) is 5.21. The number of hydrogen-bond donors (Lipinski definition) is 0. The lowest BCUT2D eigenvalue weighted by Crippen LogP contribution is -2.05. The van der Waals surface area contributed by atoms with Gasteiger partial charge in [0.2, 0.25) is 0 Å². The molecular weight excluding hydrogens is 288 g/mol. The molecule has 137 valence electrons. The van der Waals surface area contributed by atoms with E-state index in [9.17, 15) is 0 Å². The van der Waals surface area contributed by atoms with E-state index in [4.69, 9.17) is 0 Å². The Kier molecular flexibility index (Phi) is 13.9. The molecule has 0 nitrogen and oxygen atoms in total. The first kappa shape index (κ1) is 21.3. The Bertz CT molecular complexity index is 354. The van der Waals surface area contributed by atoms with Gasteiger partial charge in [-0.15, -0.1) is 0 Å². The van der Waals surface area contributed by atoms with Crippen LogP contribution in [0, 0.1) is 12.0 Å². The zero-order valence-electron chi connectivity index (χ0n) is 16.5. The second kappa shape index (κ2) is 15.7. The van der Waals surface area contributed by atoms with Crippen molar-refractivity contribution in [1.29, 1.82) is 0 Å². The first-order valence-corrected chi connectivity index (χ1v) is 10.8. The van der Waals surface area contributed by atoms with Crippen LogP contribution < -0.4 is 0 Å². The molecule has 0 saturated heterocycles. The summed E-state index contributed by atoms with van der Waals surface area (Å²) in [6.45, 7) is 4.60. The van der Waals surface area contributed by atoms with Crippen LogP contribution in [0.3, 0.4) is 0 Å². The summed E-state index contributed by atoms with van der Waals surface area (Å²) in [4.78, 5) is 0. The van der Waals surface area contributed by atoms with Crippen LogP contribution in [-0.2, 0) is 6.42 Å². The fourth-order valence-corrected chi connectivity index (χ4v) is 3.64. The first-order chi connectivity index (χ1) is 11.9. The molecule has 1 radical (unpaired) electrons. The molecular formula is C24H41. The average molecular weight is 330 g/mol. The topological polar surface area (TPSA) is 0 Å². The van der Waals surface area contributed by atoms with Crippen LogP contribution in [0.25, 0.3) is 0 Å². The maximum absolute atomic E-state index is 3.43. The summed E-state index contributed by atoms with van der Waals surface area (Å²) in [6.07, 6.45) is 21.1. The lowest BCUT2D eigenvalue weighted by atomic mass is 9.89. The van der Waals surface area contributed by atoms with Crippen LogP contribution in [0.4, 0.5) is 0 Å². The van der Waals surface area contributed by atoms with Gasteiger partial charge in [-0.3, -0.25) is 0 Å². The Morgan fingerprint density at radius 3 is 1.75 bits per heavy atom. The summed E-state index contributed by atoms with van der Waals surface area (Å²) in [5, 5.41) is 0. The molecule has 0 heteroatoms. The van der Waals surface area contributed by atoms with Crippen molar-refractivity contribution >= 4 is 0 Å². The van der Waals surface area contributed by atoms with Crippen molar-refractivity contribution in [1.82, 2.24) is 0 Å². The monoisotopic (exact) mass is 329 g/mol. The van der Waals surface area contributed by atoms with E-state index in [0.717, 1.165) is 5.92 Å². The summed E-state index contributed by atoms with van der Waals surface area (Å²) in [5.41, 5.74) is 1.42. The van der Waals surface area contributed by atoms with Gasteiger partial charge in [0, 0.05) is 0 Å². The van der Waals surface area contributed by atoms with E-state index in [1.807, 2.05) is 0 Å². The second-order valence-electron chi connectivity index (χ2n) is 7.57. The third-order valence-corrected chi connectivity index (χ3v) is 5.21. The predicted molar refractivity (Wildman–Crippen MR) is 108 cm³/mol. The highest BCUT2D eigenvalue weighted by Gasteiger charge is 2.09. The number of rotatable bonds is 16. The van der Waals surface area contributed by atoms with Gasteiger partial charge in [-0.1, -0.05) is 128 Å².